The van der Waals surface area contributed by atoms with E-state index in [1.54, 1.807) is 0 Å². The molecule has 0 atom stereocenters. The quantitative estimate of drug-likeness (QED) is 0.600. The van der Waals surface area contributed by atoms with Gasteiger partial charge in [-0.15, -0.1) is 0 Å². The first-order valence-electron chi connectivity index (χ1n) is 6.46. The molecule has 0 spiro atoms. The molecule has 0 bridgehead atoms. The van der Waals surface area contributed by atoms with Crippen LogP contribution >= 0.6 is 0 Å². The SMILES string of the molecule is Cc1cccc(C)c1COc1ccc(F)cc1[B-](F)(F)F.[K+]. The number of benzene rings is 2. The molecule has 0 heterocycles. The fraction of sp³-hybridized carbons (Fsp3) is 0.200. The first kappa shape index (κ1) is 19.7. The van der Waals surface area contributed by atoms with E-state index >= 15 is 0 Å². The van der Waals surface area contributed by atoms with Crippen LogP contribution in [0.4, 0.5) is 17.3 Å². The van der Waals surface area contributed by atoms with Gasteiger partial charge in [0.2, 0.25) is 0 Å². The topological polar surface area (TPSA) is 9.23 Å². The predicted molar refractivity (Wildman–Crippen MR) is 75.4 cm³/mol. The van der Waals surface area contributed by atoms with Crippen LogP contribution < -0.4 is 61.6 Å². The maximum atomic E-state index is 13.0. The van der Waals surface area contributed by atoms with E-state index in [9.17, 15) is 17.3 Å². The Morgan fingerprint density at radius 3 is 2.14 bits per heavy atom. The molecular formula is C15H14BF4KO. The fourth-order valence-electron chi connectivity index (χ4n) is 2.13. The molecule has 22 heavy (non-hydrogen) atoms. The summed E-state index contributed by atoms with van der Waals surface area (Å²) in [6.45, 7) is -1.57. The Hall–Kier alpha value is -0.339. The van der Waals surface area contributed by atoms with Gasteiger partial charge < -0.3 is 17.7 Å². The minimum Gasteiger partial charge on any atom is -0.492 e. The third kappa shape index (κ3) is 4.83. The standard InChI is InChI=1S/C15H14BF4O.K/c1-10-4-3-5-11(2)13(10)9-21-15-7-6-12(17)8-14(15)16(18,19)20;/h3-8H,9H2,1-2H3;/q-1;+1. The molecule has 2 rings (SSSR count). The first-order valence-corrected chi connectivity index (χ1v) is 6.46. The van der Waals surface area contributed by atoms with Crippen LogP contribution in [0.15, 0.2) is 36.4 Å². The molecule has 0 aliphatic rings. The molecular weight excluding hydrogens is 322 g/mol. The summed E-state index contributed by atoms with van der Waals surface area (Å²) < 4.78 is 57.1. The summed E-state index contributed by atoms with van der Waals surface area (Å²) in [7, 11) is 0. The molecule has 0 aromatic heterocycles. The number of aryl methyl sites for hydroxylation is 2. The largest absolute Gasteiger partial charge is 1.00 e. The van der Waals surface area contributed by atoms with E-state index in [-0.39, 0.29) is 63.7 Å². The van der Waals surface area contributed by atoms with Crippen molar-refractivity contribution in [3.8, 4) is 5.75 Å². The third-order valence-corrected chi connectivity index (χ3v) is 3.34. The van der Waals surface area contributed by atoms with Crippen LogP contribution in [0, 0.1) is 19.7 Å². The van der Waals surface area contributed by atoms with Crippen LogP contribution in [0.2, 0.25) is 0 Å². The van der Waals surface area contributed by atoms with Crippen molar-refractivity contribution in [3.05, 3.63) is 58.9 Å². The van der Waals surface area contributed by atoms with Crippen LogP contribution in [-0.4, -0.2) is 6.98 Å². The van der Waals surface area contributed by atoms with Crippen LogP contribution in [0.25, 0.3) is 0 Å². The van der Waals surface area contributed by atoms with Gasteiger partial charge in [0.25, 0.3) is 0 Å². The summed E-state index contributed by atoms with van der Waals surface area (Å²) in [5, 5.41) is 0. The molecule has 0 saturated heterocycles. The van der Waals surface area contributed by atoms with E-state index in [2.05, 4.69) is 0 Å². The number of ether oxygens (including phenoxy) is 1. The average Bonchev–Trinajstić information content (AvgIpc) is 2.38. The Bertz CT molecular complexity index is 638. The fourth-order valence-corrected chi connectivity index (χ4v) is 2.13. The van der Waals surface area contributed by atoms with Gasteiger partial charge >= 0.3 is 58.4 Å². The van der Waals surface area contributed by atoms with Gasteiger partial charge in [-0.1, -0.05) is 23.7 Å². The molecule has 0 radical (unpaired) electrons. The van der Waals surface area contributed by atoms with Crippen molar-refractivity contribution in [3.63, 3.8) is 0 Å². The van der Waals surface area contributed by atoms with Gasteiger partial charge in [-0.25, -0.2) is 4.39 Å². The molecule has 0 amide bonds. The second kappa shape index (κ2) is 7.97. The van der Waals surface area contributed by atoms with E-state index < -0.39 is 18.3 Å². The van der Waals surface area contributed by atoms with Crippen molar-refractivity contribution in [1.29, 1.82) is 0 Å². The number of halogens is 4. The van der Waals surface area contributed by atoms with E-state index in [0.717, 1.165) is 28.8 Å². The molecule has 0 N–H and O–H groups in total. The van der Waals surface area contributed by atoms with E-state index in [1.165, 1.54) is 0 Å². The predicted octanol–water partition coefficient (Wildman–Crippen LogP) is 1.08. The molecule has 0 aliphatic carbocycles. The van der Waals surface area contributed by atoms with Crippen molar-refractivity contribution in [2.75, 3.05) is 0 Å². The number of hydrogen-bond acceptors (Lipinski definition) is 1. The van der Waals surface area contributed by atoms with Crippen LogP contribution in [0.5, 0.6) is 5.75 Å². The zero-order chi connectivity index (χ0) is 15.6. The van der Waals surface area contributed by atoms with Crippen molar-refractivity contribution in [2.24, 2.45) is 0 Å². The minimum atomic E-state index is -5.32. The van der Waals surface area contributed by atoms with Crippen molar-refractivity contribution < 1.29 is 73.5 Å². The zero-order valence-electron chi connectivity index (χ0n) is 12.7. The summed E-state index contributed by atoms with van der Waals surface area (Å²) in [5.41, 5.74) is 1.68. The Balaban J connectivity index is 0.00000242. The normalized spacial score (nSPS) is 11.0. The summed E-state index contributed by atoms with van der Waals surface area (Å²) in [4.78, 5) is 0. The molecule has 0 fully saturated rings. The van der Waals surface area contributed by atoms with Crippen LogP contribution in [0.1, 0.15) is 16.7 Å². The Labute approximate surface area is 169 Å². The summed E-state index contributed by atoms with van der Waals surface area (Å²) in [6, 6.07) is 8.06. The summed E-state index contributed by atoms with van der Waals surface area (Å²) >= 11 is 0. The summed E-state index contributed by atoms with van der Waals surface area (Å²) in [5.74, 6) is -1.27. The van der Waals surface area contributed by atoms with Gasteiger partial charge in [-0.05, 0) is 48.7 Å². The van der Waals surface area contributed by atoms with Gasteiger partial charge in [0.1, 0.15) is 12.4 Å². The maximum Gasteiger partial charge on any atom is 1.00 e. The maximum absolute atomic E-state index is 13.0. The van der Waals surface area contributed by atoms with Crippen molar-refractivity contribution in [1.82, 2.24) is 0 Å². The zero-order valence-corrected chi connectivity index (χ0v) is 15.8. The monoisotopic (exact) mass is 336 g/mol. The van der Waals surface area contributed by atoms with Gasteiger partial charge in [0, 0.05) is 0 Å². The molecule has 0 aliphatic heterocycles. The third-order valence-electron chi connectivity index (χ3n) is 3.34. The molecule has 7 heteroatoms. The molecule has 0 saturated carbocycles. The molecule has 2 aromatic rings. The number of hydrogen-bond donors (Lipinski definition) is 0. The molecule has 0 unspecified atom stereocenters. The molecule has 2 aromatic carbocycles. The van der Waals surface area contributed by atoms with E-state index in [0.29, 0.717) is 6.07 Å². The van der Waals surface area contributed by atoms with Gasteiger partial charge in [-0.2, -0.15) is 0 Å². The van der Waals surface area contributed by atoms with Crippen molar-refractivity contribution >= 4 is 12.4 Å². The number of rotatable bonds is 4. The summed E-state index contributed by atoms with van der Waals surface area (Å²) in [6.07, 6.45) is 0. The van der Waals surface area contributed by atoms with E-state index in [4.69, 9.17) is 4.74 Å². The molecule has 112 valence electrons. The van der Waals surface area contributed by atoms with Gasteiger partial charge in [-0.3, -0.25) is 0 Å². The second-order valence-corrected chi connectivity index (χ2v) is 4.92. The van der Waals surface area contributed by atoms with Gasteiger partial charge in [0.15, 0.2) is 0 Å². The Kier molecular flexibility index (Phi) is 7.14. The molecule has 1 nitrogen and oxygen atoms in total. The Morgan fingerprint density at radius 2 is 1.59 bits per heavy atom. The minimum absolute atomic E-state index is 0. The second-order valence-electron chi connectivity index (χ2n) is 4.92. The van der Waals surface area contributed by atoms with Gasteiger partial charge in [0.05, 0.1) is 5.75 Å². The van der Waals surface area contributed by atoms with Crippen molar-refractivity contribution in [2.45, 2.75) is 20.5 Å². The van der Waals surface area contributed by atoms with Crippen LogP contribution in [-0.2, 0) is 6.61 Å². The average molecular weight is 336 g/mol. The van der Waals surface area contributed by atoms with Crippen LogP contribution in [0.3, 0.4) is 0 Å². The van der Waals surface area contributed by atoms with E-state index in [1.807, 2.05) is 32.0 Å². The smallest absolute Gasteiger partial charge is 0.492 e. The Morgan fingerprint density at radius 1 is 1.00 bits per heavy atom. The first-order chi connectivity index (χ1) is 9.79.